The summed E-state index contributed by atoms with van der Waals surface area (Å²) in [5, 5.41) is 13.3. The summed E-state index contributed by atoms with van der Waals surface area (Å²) in [6.45, 7) is 0. The quantitative estimate of drug-likeness (QED) is 0.881. The summed E-state index contributed by atoms with van der Waals surface area (Å²) in [4.78, 5) is 0. The number of aryl methyl sites for hydroxylation is 1. The SMILES string of the molecule is Cn1cc(C(N)c2ccc(C#N)c(Cl)c2)cn1. The van der Waals surface area contributed by atoms with E-state index in [2.05, 4.69) is 5.10 Å². The van der Waals surface area contributed by atoms with Gasteiger partial charge in [0.25, 0.3) is 0 Å². The van der Waals surface area contributed by atoms with E-state index in [1.807, 2.05) is 25.4 Å². The van der Waals surface area contributed by atoms with Crippen LogP contribution in [-0.4, -0.2) is 9.78 Å². The Labute approximate surface area is 104 Å². The number of rotatable bonds is 2. The van der Waals surface area contributed by atoms with Gasteiger partial charge in [0, 0.05) is 18.8 Å². The van der Waals surface area contributed by atoms with Gasteiger partial charge in [0.2, 0.25) is 0 Å². The van der Waals surface area contributed by atoms with E-state index in [0.29, 0.717) is 10.6 Å². The van der Waals surface area contributed by atoms with Crippen LogP contribution in [0, 0.1) is 11.3 Å². The highest BCUT2D eigenvalue weighted by atomic mass is 35.5. The van der Waals surface area contributed by atoms with E-state index >= 15 is 0 Å². The van der Waals surface area contributed by atoms with Crippen molar-refractivity contribution in [3.63, 3.8) is 0 Å². The van der Waals surface area contributed by atoms with Crippen LogP contribution < -0.4 is 5.73 Å². The summed E-state index contributed by atoms with van der Waals surface area (Å²) in [5.41, 5.74) is 8.32. The highest BCUT2D eigenvalue weighted by Crippen LogP contribution is 2.24. The predicted molar refractivity (Wildman–Crippen MR) is 65.4 cm³/mol. The summed E-state index contributed by atoms with van der Waals surface area (Å²) in [6.07, 6.45) is 3.58. The van der Waals surface area contributed by atoms with Gasteiger partial charge >= 0.3 is 0 Å². The first kappa shape index (κ1) is 11.6. The molecule has 0 amide bonds. The molecule has 86 valence electrons. The van der Waals surface area contributed by atoms with Crippen molar-refractivity contribution in [2.75, 3.05) is 0 Å². The average Bonchev–Trinajstić information content (AvgIpc) is 2.75. The lowest BCUT2D eigenvalue weighted by Gasteiger charge is -2.10. The fourth-order valence-electron chi connectivity index (χ4n) is 1.61. The molecule has 0 spiro atoms. The van der Waals surface area contributed by atoms with E-state index in [4.69, 9.17) is 22.6 Å². The molecule has 0 saturated heterocycles. The lowest BCUT2D eigenvalue weighted by atomic mass is 10.0. The van der Waals surface area contributed by atoms with Gasteiger partial charge in [-0.15, -0.1) is 0 Å². The third-order valence-corrected chi connectivity index (χ3v) is 2.87. The number of hydrogen-bond donors (Lipinski definition) is 1. The number of benzene rings is 1. The van der Waals surface area contributed by atoms with Crippen LogP contribution in [0.5, 0.6) is 0 Å². The number of hydrogen-bond acceptors (Lipinski definition) is 3. The third kappa shape index (κ3) is 2.31. The summed E-state index contributed by atoms with van der Waals surface area (Å²) < 4.78 is 1.69. The van der Waals surface area contributed by atoms with Gasteiger partial charge in [0.15, 0.2) is 0 Å². The molecule has 1 atom stereocenters. The van der Waals surface area contributed by atoms with Gasteiger partial charge < -0.3 is 5.73 Å². The smallest absolute Gasteiger partial charge is 0.101 e. The Hall–Kier alpha value is -1.83. The van der Waals surface area contributed by atoms with E-state index in [9.17, 15) is 0 Å². The molecule has 2 aromatic rings. The maximum Gasteiger partial charge on any atom is 0.101 e. The molecular weight excluding hydrogens is 236 g/mol. The number of nitriles is 1. The van der Waals surface area contributed by atoms with Gasteiger partial charge in [-0.3, -0.25) is 4.68 Å². The molecular formula is C12H11ClN4. The monoisotopic (exact) mass is 246 g/mol. The molecule has 0 fully saturated rings. The zero-order valence-electron chi connectivity index (χ0n) is 9.26. The average molecular weight is 247 g/mol. The Morgan fingerprint density at radius 2 is 2.24 bits per heavy atom. The molecule has 1 aromatic heterocycles. The minimum atomic E-state index is -0.283. The molecule has 0 saturated carbocycles. The molecule has 1 heterocycles. The zero-order valence-corrected chi connectivity index (χ0v) is 10.0. The van der Waals surface area contributed by atoms with E-state index in [-0.39, 0.29) is 6.04 Å². The summed E-state index contributed by atoms with van der Waals surface area (Å²) in [5.74, 6) is 0. The van der Waals surface area contributed by atoms with Crippen LogP contribution in [0.2, 0.25) is 5.02 Å². The van der Waals surface area contributed by atoms with Crippen molar-refractivity contribution < 1.29 is 0 Å². The first-order valence-corrected chi connectivity index (χ1v) is 5.43. The van der Waals surface area contributed by atoms with Crippen molar-refractivity contribution in [1.82, 2.24) is 9.78 Å². The maximum atomic E-state index is 8.79. The van der Waals surface area contributed by atoms with Gasteiger partial charge in [0.05, 0.1) is 22.8 Å². The molecule has 5 heteroatoms. The normalized spacial score (nSPS) is 12.1. The molecule has 1 unspecified atom stereocenters. The van der Waals surface area contributed by atoms with Crippen LogP contribution in [0.3, 0.4) is 0 Å². The summed E-state index contributed by atoms with van der Waals surface area (Å²) in [6, 6.07) is 6.93. The van der Waals surface area contributed by atoms with Crippen LogP contribution >= 0.6 is 11.6 Å². The van der Waals surface area contributed by atoms with Crippen molar-refractivity contribution in [3.05, 3.63) is 52.3 Å². The molecule has 2 N–H and O–H groups in total. The second kappa shape index (κ2) is 4.58. The van der Waals surface area contributed by atoms with Crippen LogP contribution in [0.15, 0.2) is 30.6 Å². The number of aromatic nitrogens is 2. The summed E-state index contributed by atoms with van der Waals surface area (Å²) in [7, 11) is 1.84. The van der Waals surface area contributed by atoms with Crippen LogP contribution in [-0.2, 0) is 7.05 Å². The van der Waals surface area contributed by atoms with Gasteiger partial charge in [-0.2, -0.15) is 10.4 Å². The Morgan fingerprint density at radius 3 is 2.76 bits per heavy atom. The highest BCUT2D eigenvalue weighted by molar-refractivity contribution is 6.31. The van der Waals surface area contributed by atoms with E-state index in [1.54, 1.807) is 23.0 Å². The Balaban J connectivity index is 2.35. The largest absolute Gasteiger partial charge is 0.320 e. The molecule has 2 rings (SSSR count). The van der Waals surface area contributed by atoms with Crippen LogP contribution in [0.25, 0.3) is 0 Å². The fraction of sp³-hybridized carbons (Fsp3) is 0.167. The highest BCUT2D eigenvalue weighted by Gasteiger charge is 2.12. The van der Waals surface area contributed by atoms with Crippen LogP contribution in [0.4, 0.5) is 0 Å². The number of nitrogens with two attached hydrogens (primary N) is 1. The topological polar surface area (TPSA) is 67.6 Å². The molecule has 0 aliphatic heterocycles. The molecule has 0 aliphatic carbocycles. The maximum absolute atomic E-state index is 8.79. The molecule has 17 heavy (non-hydrogen) atoms. The predicted octanol–water partition coefficient (Wildman–Crippen LogP) is 1.99. The van der Waals surface area contributed by atoms with E-state index in [0.717, 1.165) is 11.1 Å². The molecule has 4 nitrogen and oxygen atoms in total. The zero-order chi connectivity index (χ0) is 12.4. The number of nitrogens with zero attached hydrogens (tertiary/aromatic N) is 3. The minimum absolute atomic E-state index is 0.283. The first-order valence-electron chi connectivity index (χ1n) is 5.05. The van der Waals surface area contributed by atoms with Crippen LogP contribution in [0.1, 0.15) is 22.7 Å². The molecule has 0 aliphatic rings. The summed E-state index contributed by atoms with van der Waals surface area (Å²) >= 11 is 5.97. The van der Waals surface area contributed by atoms with Gasteiger partial charge in [-0.05, 0) is 17.7 Å². The number of halogens is 1. The lowest BCUT2D eigenvalue weighted by molar-refractivity contribution is 0.765. The molecule has 0 radical (unpaired) electrons. The van der Waals surface area contributed by atoms with Crippen molar-refractivity contribution in [1.29, 1.82) is 5.26 Å². The standard InChI is InChI=1S/C12H11ClN4/c1-17-7-10(6-16-17)12(15)8-2-3-9(5-14)11(13)4-8/h2-4,6-7,12H,15H2,1H3. The molecule has 0 bridgehead atoms. The van der Waals surface area contributed by atoms with Crippen molar-refractivity contribution in [3.8, 4) is 6.07 Å². The fourth-order valence-corrected chi connectivity index (χ4v) is 1.84. The van der Waals surface area contributed by atoms with Crippen molar-refractivity contribution in [2.24, 2.45) is 12.8 Å². The van der Waals surface area contributed by atoms with Gasteiger partial charge in [-0.1, -0.05) is 17.7 Å². The molecule has 1 aromatic carbocycles. The Morgan fingerprint density at radius 1 is 1.47 bits per heavy atom. The minimum Gasteiger partial charge on any atom is -0.320 e. The third-order valence-electron chi connectivity index (χ3n) is 2.56. The lowest BCUT2D eigenvalue weighted by Crippen LogP contribution is -2.11. The first-order chi connectivity index (χ1) is 8.11. The van der Waals surface area contributed by atoms with Gasteiger partial charge in [-0.25, -0.2) is 0 Å². The Bertz CT molecular complexity index is 582. The Kier molecular flexibility index (Phi) is 3.14. The second-order valence-corrected chi connectivity index (χ2v) is 4.18. The van der Waals surface area contributed by atoms with Crippen molar-refractivity contribution >= 4 is 11.6 Å². The van der Waals surface area contributed by atoms with E-state index in [1.165, 1.54) is 0 Å². The van der Waals surface area contributed by atoms with Crippen molar-refractivity contribution in [2.45, 2.75) is 6.04 Å². The van der Waals surface area contributed by atoms with E-state index < -0.39 is 0 Å². The van der Waals surface area contributed by atoms with Gasteiger partial charge in [0.1, 0.15) is 6.07 Å². The second-order valence-electron chi connectivity index (χ2n) is 3.78.